The molecule has 23 heavy (non-hydrogen) atoms. The maximum atomic E-state index is 5.40. The summed E-state index contributed by atoms with van der Waals surface area (Å²) in [6.45, 7) is 6.70. The summed E-state index contributed by atoms with van der Waals surface area (Å²) in [7, 11) is 0. The molecule has 0 fully saturated rings. The van der Waals surface area contributed by atoms with Gasteiger partial charge in [-0.05, 0) is 48.6 Å². The van der Waals surface area contributed by atoms with E-state index in [0.717, 1.165) is 36.1 Å². The summed E-state index contributed by atoms with van der Waals surface area (Å²) in [6.07, 6.45) is 0. The van der Waals surface area contributed by atoms with E-state index in [1.165, 1.54) is 10.4 Å². The highest BCUT2D eigenvalue weighted by Gasteiger charge is 2.13. The molecule has 1 aromatic heterocycles. The standard InChI is InChI=1S/C17H21N3O2S/c1-3-18-17(20-10-16-12(2)6-7-23-16)19-9-13-4-5-14-15(8-13)22-11-21-14/h4-8H,3,9-11H2,1-2H3,(H2,18,19,20). The van der Waals surface area contributed by atoms with Crippen LogP contribution in [0.5, 0.6) is 11.5 Å². The second kappa shape index (κ2) is 7.37. The fraction of sp³-hybridized carbons (Fsp3) is 0.353. The summed E-state index contributed by atoms with van der Waals surface area (Å²) >= 11 is 1.76. The minimum atomic E-state index is 0.298. The molecule has 2 aromatic rings. The van der Waals surface area contributed by atoms with E-state index in [1.54, 1.807) is 11.3 Å². The van der Waals surface area contributed by atoms with Crippen molar-refractivity contribution in [1.82, 2.24) is 10.6 Å². The van der Waals surface area contributed by atoms with Gasteiger partial charge in [0.2, 0.25) is 6.79 Å². The molecule has 122 valence electrons. The van der Waals surface area contributed by atoms with Crippen molar-refractivity contribution in [1.29, 1.82) is 0 Å². The van der Waals surface area contributed by atoms with Crippen LogP contribution in [0.3, 0.4) is 0 Å². The Kier molecular flexibility index (Phi) is 5.02. The van der Waals surface area contributed by atoms with Crippen molar-refractivity contribution in [2.45, 2.75) is 26.9 Å². The molecule has 0 saturated heterocycles. The highest BCUT2D eigenvalue weighted by molar-refractivity contribution is 7.10. The predicted molar refractivity (Wildman–Crippen MR) is 93.3 cm³/mol. The van der Waals surface area contributed by atoms with E-state index < -0.39 is 0 Å². The first kappa shape index (κ1) is 15.7. The van der Waals surface area contributed by atoms with Crippen LogP contribution < -0.4 is 20.1 Å². The molecular weight excluding hydrogens is 310 g/mol. The van der Waals surface area contributed by atoms with Gasteiger partial charge >= 0.3 is 0 Å². The van der Waals surface area contributed by atoms with Crippen LogP contribution in [0.25, 0.3) is 0 Å². The Hall–Kier alpha value is -2.21. The molecule has 0 atom stereocenters. The summed E-state index contributed by atoms with van der Waals surface area (Å²) in [4.78, 5) is 5.97. The molecule has 2 heterocycles. The largest absolute Gasteiger partial charge is 0.454 e. The first-order valence-corrected chi connectivity index (χ1v) is 8.58. The molecule has 3 rings (SSSR count). The van der Waals surface area contributed by atoms with Crippen LogP contribution >= 0.6 is 11.3 Å². The van der Waals surface area contributed by atoms with Gasteiger partial charge < -0.3 is 20.1 Å². The Morgan fingerprint density at radius 3 is 2.87 bits per heavy atom. The van der Waals surface area contributed by atoms with E-state index >= 15 is 0 Å². The first-order valence-electron chi connectivity index (χ1n) is 7.70. The van der Waals surface area contributed by atoms with Gasteiger partial charge in [-0.3, -0.25) is 0 Å². The SMILES string of the molecule is CCNC(=NCc1ccc2c(c1)OCO2)NCc1sccc1C. The molecule has 2 N–H and O–H groups in total. The minimum absolute atomic E-state index is 0.298. The number of hydrogen-bond donors (Lipinski definition) is 2. The number of rotatable bonds is 5. The maximum absolute atomic E-state index is 5.40. The molecule has 1 aliphatic heterocycles. The summed E-state index contributed by atoms with van der Waals surface area (Å²) in [5, 5.41) is 8.77. The first-order chi connectivity index (χ1) is 11.3. The Balaban J connectivity index is 1.63. The van der Waals surface area contributed by atoms with Crippen molar-refractivity contribution in [3.63, 3.8) is 0 Å². The lowest BCUT2D eigenvalue weighted by atomic mass is 10.2. The van der Waals surface area contributed by atoms with Gasteiger partial charge in [0, 0.05) is 11.4 Å². The summed E-state index contributed by atoms with van der Waals surface area (Å²) in [6, 6.07) is 8.07. The van der Waals surface area contributed by atoms with Crippen molar-refractivity contribution in [3.8, 4) is 11.5 Å². The number of aryl methyl sites for hydroxylation is 1. The third kappa shape index (κ3) is 3.96. The normalized spacial score (nSPS) is 13.2. The van der Waals surface area contributed by atoms with E-state index in [9.17, 15) is 0 Å². The Morgan fingerprint density at radius 1 is 1.22 bits per heavy atom. The lowest BCUT2D eigenvalue weighted by Crippen LogP contribution is -2.36. The van der Waals surface area contributed by atoms with Crippen molar-refractivity contribution in [2.75, 3.05) is 13.3 Å². The number of benzene rings is 1. The molecule has 0 radical (unpaired) electrons. The molecule has 0 bridgehead atoms. The summed E-state index contributed by atoms with van der Waals surface area (Å²) in [5.41, 5.74) is 2.41. The Labute approximate surface area is 140 Å². The van der Waals surface area contributed by atoms with E-state index in [2.05, 4.69) is 40.9 Å². The molecule has 6 heteroatoms. The highest BCUT2D eigenvalue weighted by Crippen LogP contribution is 2.32. The zero-order valence-corrected chi connectivity index (χ0v) is 14.2. The van der Waals surface area contributed by atoms with Crippen molar-refractivity contribution < 1.29 is 9.47 Å². The molecule has 0 unspecified atom stereocenters. The highest BCUT2D eigenvalue weighted by atomic mass is 32.1. The molecule has 5 nitrogen and oxygen atoms in total. The summed E-state index contributed by atoms with van der Waals surface area (Å²) < 4.78 is 10.7. The maximum Gasteiger partial charge on any atom is 0.231 e. The zero-order chi connectivity index (χ0) is 16.1. The van der Waals surface area contributed by atoms with Crippen LogP contribution in [0.4, 0.5) is 0 Å². The average Bonchev–Trinajstić information content (AvgIpc) is 3.18. The molecule has 1 aromatic carbocycles. The Morgan fingerprint density at radius 2 is 2.09 bits per heavy atom. The Bertz CT molecular complexity index is 697. The van der Waals surface area contributed by atoms with Crippen LogP contribution in [0.2, 0.25) is 0 Å². The van der Waals surface area contributed by atoms with Gasteiger partial charge in [0.1, 0.15) is 0 Å². The van der Waals surface area contributed by atoms with Crippen molar-refractivity contribution >= 4 is 17.3 Å². The fourth-order valence-corrected chi connectivity index (χ4v) is 3.15. The second-order valence-corrected chi connectivity index (χ2v) is 6.26. The van der Waals surface area contributed by atoms with Gasteiger partial charge in [0.25, 0.3) is 0 Å². The number of thiophene rings is 1. The van der Waals surface area contributed by atoms with E-state index in [4.69, 9.17) is 9.47 Å². The molecular formula is C17H21N3O2S. The van der Waals surface area contributed by atoms with Crippen LogP contribution in [0, 0.1) is 6.92 Å². The number of nitrogens with zero attached hydrogens (tertiary/aromatic N) is 1. The number of guanidine groups is 1. The molecule has 0 spiro atoms. The van der Waals surface area contributed by atoms with Crippen molar-refractivity contribution in [3.05, 3.63) is 45.6 Å². The fourth-order valence-electron chi connectivity index (χ4n) is 2.30. The number of hydrogen-bond acceptors (Lipinski definition) is 4. The van der Waals surface area contributed by atoms with Crippen LogP contribution in [0.1, 0.15) is 22.9 Å². The van der Waals surface area contributed by atoms with Crippen molar-refractivity contribution in [2.24, 2.45) is 4.99 Å². The number of nitrogens with one attached hydrogen (secondary N) is 2. The van der Waals surface area contributed by atoms with Gasteiger partial charge in [0.05, 0.1) is 13.1 Å². The lowest BCUT2D eigenvalue weighted by molar-refractivity contribution is 0.174. The predicted octanol–water partition coefficient (Wildman–Crippen LogP) is 3.04. The van der Waals surface area contributed by atoms with Crippen LogP contribution in [0.15, 0.2) is 34.6 Å². The number of aliphatic imine (C=N–C) groups is 1. The van der Waals surface area contributed by atoms with E-state index in [1.807, 2.05) is 18.2 Å². The lowest BCUT2D eigenvalue weighted by Gasteiger charge is -2.11. The smallest absolute Gasteiger partial charge is 0.231 e. The zero-order valence-electron chi connectivity index (χ0n) is 13.4. The second-order valence-electron chi connectivity index (χ2n) is 5.26. The van der Waals surface area contributed by atoms with Gasteiger partial charge in [-0.15, -0.1) is 11.3 Å². The topological polar surface area (TPSA) is 54.9 Å². The molecule has 1 aliphatic rings. The van der Waals surface area contributed by atoms with Crippen LogP contribution in [-0.2, 0) is 13.1 Å². The van der Waals surface area contributed by atoms with Gasteiger partial charge in [-0.1, -0.05) is 6.07 Å². The summed E-state index contributed by atoms with van der Waals surface area (Å²) in [5.74, 6) is 2.42. The third-order valence-electron chi connectivity index (χ3n) is 3.59. The number of ether oxygens (including phenoxy) is 2. The van der Waals surface area contributed by atoms with E-state index in [0.29, 0.717) is 13.3 Å². The molecule has 0 amide bonds. The average molecular weight is 331 g/mol. The van der Waals surface area contributed by atoms with Crippen LogP contribution in [-0.4, -0.2) is 19.3 Å². The van der Waals surface area contributed by atoms with Gasteiger partial charge in [0.15, 0.2) is 17.5 Å². The quantitative estimate of drug-likeness (QED) is 0.653. The monoisotopic (exact) mass is 331 g/mol. The molecule has 0 saturated carbocycles. The minimum Gasteiger partial charge on any atom is -0.454 e. The van der Waals surface area contributed by atoms with E-state index in [-0.39, 0.29) is 0 Å². The molecule has 0 aliphatic carbocycles. The number of fused-ring (bicyclic) bond motifs is 1. The van der Waals surface area contributed by atoms with Gasteiger partial charge in [-0.25, -0.2) is 4.99 Å². The third-order valence-corrected chi connectivity index (χ3v) is 4.61. The van der Waals surface area contributed by atoms with Gasteiger partial charge in [-0.2, -0.15) is 0 Å².